The van der Waals surface area contributed by atoms with Crippen molar-refractivity contribution >= 4 is 5.91 Å². The van der Waals surface area contributed by atoms with E-state index < -0.39 is 0 Å². The summed E-state index contributed by atoms with van der Waals surface area (Å²) in [5.41, 5.74) is 2.03. The molecule has 0 aliphatic carbocycles. The third-order valence-corrected chi connectivity index (χ3v) is 3.80. The summed E-state index contributed by atoms with van der Waals surface area (Å²) in [5, 5.41) is 7.17. The summed E-state index contributed by atoms with van der Waals surface area (Å²) in [6, 6.07) is 15.2. The van der Waals surface area contributed by atoms with Crippen molar-refractivity contribution in [1.29, 1.82) is 0 Å². The molecule has 0 bridgehead atoms. The minimum Gasteiger partial charge on any atom is -0.467 e. The SMILES string of the molecule is Cn1nccc1CCC(=O)NC(c1ccccc1)c1ccco1. The van der Waals surface area contributed by atoms with Gasteiger partial charge in [0.25, 0.3) is 0 Å². The predicted molar refractivity (Wildman–Crippen MR) is 86.7 cm³/mol. The van der Waals surface area contributed by atoms with Gasteiger partial charge in [0.2, 0.25) is 5.91 Å². The molecule has 0 saturated heterocycles. The largest absolute Gasteiger partial charge is 0.467 e. The number of nitrogens with one attached hydrogen (secondary N) is 1. The van der Waals surface area contributed by atoms with E-state index in [9.17, 15) is 4.79 Å². The Hall–Kier alpha value is -2.82. The molecule has 0 saturated carbocycles. The van der Waals surface area contributed by atoms with Gasteiger partial charge >= 0.3 is 0 Å². The summed E-state index contributed by atoms with van der Waals surface area (Å²) < 4.78 is 7.28. The molecular weight excluding hydrogens is 290 g/mol. The van der Waals surface area contributed by atoms with Crippen LogP contribution >= 0.6 is 0 Å². The first-order chi connectivity index (χ1) is 11.2. The van der Waals surface area contributed by atoms with Gasteiger partial charge in [-0.25, -0.2) is 0 Å². The van der Waals surface area contributed by atoms with Crippen LogP contribution in [0.25, 0.3) is 0 Å². The van der Waals surface area contributed by atoms with E-state index in [2.05, 4.69) is 10.4 Å². The number of carbonyl (C=O) groups is 1. The maximum absolute atomic E-state index is 12.3. The number of carbonyl (C=O) groups excluding carboxylic acids is 1. The first-order valence-corrected chi connectivity index (χ1v) is 7.58. The smallest absolute Gasteiger partial charge is 0.221 e. The van der Waals surface area contributed by atoms with Crippen LogP contribution < -0.4 is 5.32 Å². The zero-order valence-corrected chi connectivity index (χ0v) is 13.0. The molecule has 5 nitrogen and oxygen atoms in total. The second-order valence-corrected chi connectivity index (χ2v) is 5.37. The fourth-order valence-electron chi connectivity index (χ4n) is 2.54. The molecule has 1 atom stereocenters. The van der Waals surface area contributed by atoms with E-state index in [1.54, 1.807) is 17.1 Å². The highest BCUT2D eigenvalue weighted by Gasteiger charge is 2.19. The Morgan fingerprint density at radius 2 is 2.04 bits per heavy atom. The second kappa shape index (κ2) is 6.96. The van der Waals surface area contributed by atoms with Gasteiger partial charge in [-0.15, -0.1) is 0 Å². The van der Waals surface area contributed by atoms with Gasteiger partial charge in [0, 0.05) is 25.4 Å². The Bertz CT molecular complexity index is 748. The number of amides is 1. The lowest BCUT2D eigenvalue weighted by molar-refractivity contribution is -0.121. The maximum Gasteiger partial charge on any atom is 0.221 e. The van der Waals surface area contributed by atoms with Gasteiger partial charge in [-0.3, -0.25) is 9.48 Å². The maximum atomic E-state index is 12.3. The van der Waals surface area contributed by atoms with Crippen LogP contribution in [0.1, 0.15) is 29.5 Å². The highest BCUT2D eigenvalue weighted by atomic mass is 16.3. The van der Waals surface area contributed by atoms with Gasteiger partial charge in [-0.05, 0) is 30.2 Å². The number of hydrogen-bond acceptors (Lipinski definition) is 3. The fraction of sp³-hybridized carbons (Fsp3) is 0.222. The summed E-state index contributed by atoms with van der Waals surface area (Å²) in [6.07, 6.45) is 4.42. The molecule has 0 aliphatic heterocycles. The number of nitrogens with zero attached hydrogens (tertiary/aromatic N) is 2. The van der Waals surface area contributed by atoms with Crippen LogP contribution in [-0.2, 0) is 18.3 Å². The lowest BCUT2D eigenvalue weighted by Crippen LogP contribution is -2.29. The molecule has 0 radical (unpaired) electrons. The van der Waals surface area contributed by atoms with Crippen molar-refractivity contribution in [2.75, 3.05) is 0 Å². The number of furan rings is 1. The van der Waals surface area contributed by atoms with Crippen LogP contribution in [0, 0.1) is 0 Å². The van der Waals surface area contributed by atoms with E-state index in [-0.39, 0.29) is 11.9 Å². The Kier molecular flexibility index (Phi) is 4.57. The molecule has 5 heteroatoms. The zero-order chi connectivity index (χ0) is 16.1. The standard InChI is InChI=1S/C18H19N3O2/c1-21-15(11-12-19-21)9-10-17(22)20-18(16-8-5-13-23-16)14-6-3-2-4-7-14/h2-8,11-13,18H,9-10H2,1H3,(H,20,22). The monoisotopic (exact) mass is 309 g/mol. The number of aromatic nitrogens is 2. The van der Waals surface area contributed by atoms with Crippen molar-refractivity contribution in [3.63, 3.8) is 0 Å². The summed E-state index contributed by atoms with van der Waals surface area (Å²) in [5.74, 6) is 0.710. The number of rotatable bonds is 6. The van der Waals surface area contributed by atoms with E-state index in [4.69, 9.17) is 4.42 Å². The quantitative estimate of drug-likeness (QED) is 0.761. The van der Waals surface area contributed by atoms with E-state index in [1.165, 1.54) is 0 Å². The Balaban J connectivity index is 1.69. The Morgan fingerprint density at radius 1 is 1.22 bits per heavy atom. The molecule has 1 aromatic carbocycles. The van der Waals surface area contributed by atoms with E-state index >= 15 is 0 Å². The molecule has 0 spiro atoms. The van der Waals surface area contributed by atoms with Crippen LogP contribution in [0.4, 0.5) is 0 Å². The molecule has 118 valence electrons. The van der Waals surface area contributed by atoms with Crippen molar-refractivity contribution in [2.24, 2.45) is 7.05 Å². The minimum absolute atomic E-state index is 0.0172. The average Bonchev–Trinajstić information content (AvgIpc) is 3.23. The van der Waals surface area contributed by atoms with Gasteiger partial charge in [0.05, 0.1) is 6.26 Å². The second-order valence-electron chi connectivity index (χ2n) is 5.37. The molecule has 3 rings (SSSR count). The lowest BCUT2D eigenvalue weighted by atomic mass is 10.0. The molecule has 1 unspecified atom stereocenters. The first-order valence-electron chi connectivity index (χ1n) is 7.58. The summed E-state index contributed by atoms with van der Waals surface area (Å²) >= 11 is 0. The molecule has 1 N–H and O–H groups in total. The fourth-order valence-corrected chi connectivity index (χ4v) is 2.54. The Morgan fingerprint density at radius 3 is 2.70 bits per heavy atom. The molecule has 0 fully saturated rings. The predicted octanol–water partition coefficient (Wildman–Crippen LogP) is 2.85. The van der Waals surface area contributed by atoms with Crippen molar-refractivity contribution in [3.05, 3.63) is 78.0 Å². The van der Waals surface area contributed by atoms with E-state index in [0.29, 0.717) is 12.8 Å². The highest BCUT2D eigenvalue weighted by Crippen LogP contribution is 2.22. The molecule has 0 aliphatic rings. The topological polar surface area (TPSA) is 60.1 Å². The highest BCUT2D eigenvalue weighted by molar-refractivity contribution is 5.77. The molecule has 23 heavy (non-hydrogen) atoms. The molecule has 2 aromatic heterocycles. The number of benzene rings is 1. The molecular formula is C18H19N3O2. The molecule has 2 heterocycles. The van der Waals surface area contributed by atoms with Crippen molar-refractivity contribution in [3.8, 4) is 0 Å². The molecule has 1 amide bonds. The normalized spacial score (nSPS) is 12.0. The summed E-state index contributed by atoms with van der Waals surface area (Å²) in [6.45, 7) is 0. The third-order valence-electron chi connectivity index (χ3n) is 3.80. The first kappa shape index (κ1) is 15.1. The average molecular weight is 309 g/mol. The zero-order valence-electron chi connectivity index (χ0n) is 13.0. The Labute approximate surface area is 134 Å². The van der Waals surface area contributed by atoms with Gasteiger partial charge in [0.15, 0.2) is 0 Å². The van der Waals surface area contributed by atoms with E-state index in [0.717, 1.165) is 17.0 Å². The van der Waals surface area contributed by atoms with Crippen LogP contribution in [0.5, 0.6) is 0 Å². The van der Waals surface area contributed by atoms with E-state index in [1.807, 2.05) is 55.6 Å². The minimum atomic E-state index is -0.273. The van der Waals surface area contributed by atoms with Crippen molar-refractivity contribution < 1.29 is 9.21 Å². The van der Waals surface area contributed by atoms with Gasteiger partial charge in [0.1, 0.15) is 11.8 Å². The van der Waals surface area contributed by atoms with Gasteiger partial charge in [-0.1, -0.05) is 30.3 Å². The van der Waals surface area contributed by atoms with Crippen LogP contribution in [0.2, 0.25) is 0 Å². The van der Waals surface area contributed by atoms with Crippen LogP contribution in [0.3, 0.4) is 0 Å². The molecule has 3 aromatic rings. The van der Waals surface area contributed by atoms with Crippen LogP contribution in [-0.4, -0.2) is 15.7 Å². The number of hydrogen-bond donors (Lipinski definition) is 1. The van der Waals surface area contributed by atoms with Crippen molar-refractivity contribution in [2.45, 2.75) is 18.9 Å². The third kappa shape index (κ3) is 3.69. The van der Waals surface area contributed by atoms with Gasteiger partial charge in [-0.2, -0.15) is 5.10 Å². The van der Waals surface area contributed by atoms with Crippen molar-refractivity contribution in [1.82, 2.24) is 15.1 Å². The van der Waals surface area contributed by atoms with Gasteiger partial charge < -0.3 is 9.73 Å². The summed E-state index contributed by atoms with van der Waals surface area (Å²) in [7, 11) is 1.88. The summed E-state index contributed by atoms with van der Waals surface area (Å²) in [4.78, 5) is 12.3. The lowest BCUT2D eigenvalue weighted by Gasteiger charge is -2.17. The van der Waals surface area contributed by atoms with Crippen LogP contribution in [0.15, 0.2) is 65.4 Å². The number of aryl methyl sites for hydroxylation is 2.